The first-order chi connectivity index (χ1) is 9.61. The van der Waals surface area contributed by atoms with Crippen molar-refractivity contribution in [1.82, 2.24) is 10.3 Å². The first-order valence-electron chi connectivity index (χ1n) is 6.71. The van der Waals surface area contributed by atoms with Crippen molar-refractivity contribution < 1.29 is 4.39 Å². The minimum absolute atomic E-state index is 0.0283. The van der Waals surface area contributed by atoms with Crippen LogP contribution in [0.25, 0.3) is 0 Å². The van der Waals surface area contributed by atoms with E-state index in [9.17, 15) is 4.39 Å². The minimum Gasteiger partial charge on any atom is -0.306 e. The molecule has 2 nitrogen and oxygen atoms in total. The van der Waals surface area contributed by atoms with Gasteiger partial charge >= 0.3 is 0 Å². The number of nitrogens with zero attached hydrogens (tertiary/aromatic N) is 1. The maximum absolute atomic E-state index is 13.3. The Morgan fingerprint density at radius 3 is 2.75 bits per heavy atom. The predicted octanol–water partition coefficient (Wildman–Crippen LogP) is 4.38. The van der Waals surface area contributed by atoms with Crippen LogP contribution in [0.15, 0.2) is 41.1 Å². The second-order valence-corrected chi connectivity index (χ2v) is 5.74. The van der Waals surface area contributed by atoms with Crippen LogP contribution in [0.5, 0.6) is 0 Å². The van der Waals surface area contributed by atoms with Gasteiger partial charge in [0.05, 0.1) is 6.04 Å². The van der Waals surface area contributed by atoms with Crippen molar-refractivity contribution in [3.8, 4) is 0 Å². The van der Waals surface area contributed by atoms with Crippen LogP contribution >= 0.6 is 15.9 Å². The van der Waals surface area contributed by atoms with Crippen LogP contribution in [0, 0.1) is 12.7 Å². The molecule has 0 aliphatic carbocycles. The highest BCUT2D eigenvalue weighted by atomic mass is 79.9. The predicted molar refractivity (Wildman–Crippen MR) is 83.2 cm³/mol. The topological polar surface area (TPSA) is 24.9 Å². The SMILES string of the molecule is CCCNC(c1cncc(Br)c1)c1ccc(F)cc1C. The molecular weight excluding hydrogens is 319 g/mol. The van der Waals surface area contributed by atoms with Crippen LogP contribution < -0.4 is 5.32 Å². The molecule has 0 fully saturated rings. The van der Waals surface area contributed by atoms with Gasteiger partial charge in [0.2, 0.25) is 0 Å². The normalized spacial score (nSPS) is 12.4. The number of aryl methyl sites for hydroxylation is 1. The lowest BCUT2D eigenvalue weighted by molar-refractivity contribution is 0.588. The van der Waals surface area contributed by atoms with Crippen LogP contribution in [0.2, 0.25) is 0 Å². The van der Waals surface area contributed by atoms with Gasteiger partial charge in [-0.15, -0.1) is 0 Å². The molecule has 1 aromatic heterocycles. The Balaban J connectivity index is 2.41. The van der Waals surface area contributed by atoms with E-state index in [1.807, 2.05) is 25.3 Å². The summed E-state index contributed by atoms with van der Waals surface area (Å²) in [6.07, 6.45) is 4.65. The lowest BCUT2D eigenvalue weighted by Crippen LogP contribution is -2.24. The summed E-state index contributed by atoms with van der Waals surface area (Å²) in [6, 6.07) is 7.00. The van der Waals surface area contributed by atoms with E-state index in [2.05, 4.69) is 33.2 Å². The fraction of sp³-hybridized carbons (Fsp3) is 0.312. The Labute approximate surface area is 127 Å². The van der Waals surface area contributed by atoms with Gasteiger partial charge in [-0.25, -0.2) is 4.39 Å². The smallest absolute Gasteiger partial charge is 0.123 e. The Kier molecular flexibility index (Phi) is 5.26. The molecule has 1 N–H and O–H groups in total. The van der Waals surface area contributed by atoms with Crippen LogP contribution in [-0.2, 0) is 0 Å². The Bertz CT molecular complexity index is 586. The number of benzene rings is 1. The quantitative estimate of drug-likeness (QED) is 0.876. The van der Waals surface area contributed by atoms with Crippen LogP contribution in [0.1, 0.15) is 36.1 Å². The lowest BCUT2D eigenvalue weighted by Gasteiger charge is -2.21. The summed E-state index contributed by atoms with van der Waals surface area (Å²) in [5.74, 6) is -0.201. The number of halogens is 2. The van der Waals surface area contributed by atoms with Gasteiger partial charge in [0.15, 0.2) is 0 Å². The molecule has 2 rings (SSSR count). The molecule has 0 aliphatic rings. The molecule has 4 heteroatoms. The van der Waals surface area contributed by atoms with Crippen LogP contribution in [-0.4, -0.2) is 11.5 Å². The van der Waals surface area contributed by atoms with E-state index in [4.69, 9.17) is 0 Å². The van der Waals surface area contributed by atoms with E-state index in [1.54, 1.807) is 12.3 Å². The Hall–Kier alpha value is -1.26. The summed E-state index contributed by atoms with van der Waals surface area (Å²) in [5.41, 5.74) is 3.10. The zero-order valence-electron chi connectivity index (χ0n) is 11.7. The van der Waals surface area contributed by atoms with E-state index in [0.29, 0.717) is 0 Å². The number of hydrogen-bond donors (Lipinski definition) is 1. The first-order valence-corrected chi connectivity index (χ1v) is 7.51. The van der Waals surface area contributed by atoms with Gasteiger partial charge in [-0.05, 0) is 70.7 Å². The summed E-state index contributed by atoms with van der Waals surface area (Å²) in [5, 5.41) is 3.51. The average molecular weight is 337 g/mol. The number of nitrogens with one attached hydrogen (secondary N) is 1. The fourth-order valence-electron chi connectivity index (χ4n) is 2.25. The van der Waals surface area contributed by atoms with E-state index < -0.39 is 0 Å². The Morgan fingerprint density at radius 2 is 2.10 bits per heavy atom. The van der Waals surface area contributed by atoms with E-state index in [-0.39, 0.29) is 11.9 Å². The molecule has 0 saturated carbocycles. The van der Waals surface area contributed by atoms with Crippen molar-refractivity contribution in [3.05, 3.63) is 63.6 Å². The monoisotopic (exact) mass is 336 g/mol. The molecule has 0 radical (unpaired) electrons. The van der Waals surface area contributed by atoms with Crippen molar-refractivity contribution in [1.29, 1.82) is 0 Å². The zero-order chi connectivity index (χ0) is 14.5. The molecule has 2 aromatic rings. The molecule has 1 atom stereocenters. The van der Waals surface area contributed by atoms with E-state index in [0.717, 1.165) is 34.1 Å². The average Bonchev–Trinajstić information content (AvgIpc) is 2.41. The van der Waals surface area contributed by atoms with Crippen molar-refractivity contribution in [2.24, 2.45) is 0 Å². The number of pyridine rings is 1. The van der Waals surface area contributed by atoms with E-state index >= 15 is 0 Å². The first kappa shape index (κ1) is 15.1. The highest BCUT2D eigenvalue weighted by Gasteiger charge is 2.16. The fourth-order valence-corrected chi connectivity index (χ4v) is 2.63. The number of aromatic nitrogens is 1. The zero-order valence-corrected chi connectivity index (χ0v) is 13.2. The maximum Gasteiger partial charge on any atom is 0.123 e. The molecule has 1 heterocycles. The highest BCUT2D eigenvalue weighted by molar-refractivity contribution is 9.10. The highest BCUT2D eigenvalue weighted by Crippen LogP contribution is 2.26. The second-order valence-electron chi connectivity index (χ2n) is 4.82. The molecule has 20 heavy (non-hydrogen) atoms. The standard InChI is InChI=1S/C16H18BrFN2/c1-3-6-20-16(12-8-13(17)10-19-9-12)15-5-4-14(18)7-11(15)2/h4-5,7-10,16,20H,3,6H2,1-2H3. The summed E-state index contributed by atoms with van der Waals surface area (Å²) >= 11 is 3.45. The molecular formula is C16H18BrFN2. The third-order valence-corrected chi connectivity index (χ3v) is 3.63. The van der Waals surface area contributed by atoms with Crippen molar-refractivity contribution in [2.75, 3.05) is 6.54 Å². The third-order valence-electron chi connectivity index (χ3n) is 3.20. The second kappa shape index (κ2) is 6.95. The largest absolute Gasteiger partial charge is 0.306 e. The molecule has 0 bridgehead atoms. The molecule has 0 spiro atoms. The summed E-state index contributed by atoms with van der Waals surface area (Å²) in [6.45, 7) is 4.96. The van der Waals surface area contributed by atoms with Crippen molar-refractivity contribution in [2.45, 2.75) is 26.3 Å². The lowest BCUT2D eigenvalue weighted by atomic mass is 9.96. The summed E-state index contributed by atoms with van der Waals surface area (Å²) in [7, 11) is 0. The molecule has 0 amide bonds. The molecule has 1 aromatic carbocycles. The van der Waals surface area contributed by atoms with Gasteiger partial charge < -0.3 is 5.32 Å². The van der Waals surface area contributed by atoms with Crippen LogP contribution in [0.4, 0.5) is 4.39 Å². The summed E-state index contributed by atoms with van der Waals surface area (Å²) in [4.78, 5) is 4.22. The van der Waals surface area contributed by atoms with Gasteiger partial charge in [0, 0.05) is 16.9 Å². The van der Waals surface area contributed by atoms with Gasteiger partial charge in [-0.1, -0.05) is 13.0 Å². The van der Waals surface area contributed by atoms with Gasteiger partial charge in [-0.3, -0.25) is 4.98 Å². The molecule has 1 unspecified atom stereocenters. The van der Waals surface area contributed by atoms with Gasteiger partial charge in [-0.2, -0.15) is 0 Å². The maximum atomic E-state index is 13.3. The Morgan fingerprint density at radius 1 is 1.30 bits per heavy atom. The van der Waals surface area contributed by atoms with Gasteiger partial charge in [0.1, 0.15) is 5.82 Å². The number of hydrogen-bond acceptors (Lipinski definition) is 2. The minimum atomic E-state index is -0.201. The molecule has 0 aliphatic heterocycles. The molecule has 106 valence electrons. The number of rotatable bonds is 5. The van der Waals surface area contributed by atoms with Crippen LogP contribution in [0.3, 0.4) is 0 Å². The van der Waals surface area contributed by atoms with Crippen molar-refractivity contribution >= 4 is 15.9 Å². The van der Waals surface area contributed by atoms with Gasteiger partial charge in [0.25, 0.3) is 0 Å². The summed E-state index contributed by atoms with van der Waals surface area (Å²) < 4.78 is 14.2. The van der Waals surface area contributed by atoms with Crippen molar-refractivity contribution in [3.63, 3.8) is 0 Å². The van der Waals surface area contributed by atoms with E-state index in [1.165, 1.54) is 6.07 Å². The molecule has 0 saturated heterocycles. The third kappa shape index (κ3) is 3.64.